The smallest absolute Gasteiger partial charge is 0.347 e. The number of hydrogen-bond acceptors (Lipinski definition) is 4. The number of halogens is 3. The number of carbonyl (C=O) groups is 1. The molecule has 3 saturated carbocycles. The SMILES string of the molecule is CCS(=O)(=O)Nc1ccc(C(F)(F)F)cc1C(=O)NC12CCC(C#N)(CC1)CC2. The van der Waals surface area contributed by atoms with E-state index in [0.717, 1.165) is 12.1 Å². The van der Waals surface area contributed by atoms with Crippen molar-refractivity contribution in [2.24, 2.45) is 5.41 Å². The highest BCUT2D eigenvalue weighted by atomic mass is 32.2. The fourth-order valence-electron chi connectivity index (χ4n) is 4.09. The van der Waals surface area contributed by atoms with Crippen LogP contribution in [0.25, 0.3) is 0 Å². The molecule has 2 N–H and O–H groups in total. The van der Waals surface area contributed by atoms with E-state index in [1.165, 1.54) is 6.92 Å². The minimum absolute atomic E-state index is 0.188. The number of anilines is 1. The number of nitriles is 1. The summed E-state index contributed by atoms with van der Waals surface area (Å²) in [5, 5.41) is 12.2. The fraction of sp³-hybridized carbons (Fsp3) is 0.579. The monoisotopic (exact) mass is 429 g/mol. The first-order chi connectivity index (χ1) is 13.4. The third kappa shape index (κ3) is 4.34. The summed E-state index contributed by atoms with van der Waals surface area (Å²) in [5.74, 6) is -1.04. The lowest BCUT2D eigenvalue weighted by Crippen LogP contribution is -2.56. The van der Waals surface area contributed by atoms with E-state index in [-0.39, 0.29) is 22.4 Å². The van der Waals surface area contributed by atoms with E-state index in [1.54, 1.807) is 0 Å². The molecule has 4 rings (SSSR count). The molecule has 0 saturated heterocycles. The van der Waals surface area contributed by atoms with E-state index in [2.05, 4.69) is 16.1 Å². The average Bonchev–Trinajstić information content (AvgIpc) is 2.68. The van der Waals surface area contributed by atoms with Gasteiger partial charge < -0.3 is 5.32 Å². The highest BCUT2D eigenvalue weighted by Gasteiger charge is 2.49. The molecule has 3 aliphatic carbocycles. The average molecular weight is 429 g/mol. The van der Waals surface area contributed by atoms with Crippen LogP contribution in [0, 0.1) is 16.7 Å². The van der Waals surface area contributed by atoms with Gasteiger partial charge in [0.25, 0.3) is 5.91 Å². The molecule has 0 atom stereocenters. The van der Waals surface area contributed by atoms with Gasteiger partial charge in [0.05, 0.1) is 34.1 Å². The Bertz CT molecular complexity index is 943. The van der Waals surface area contributed by atoms with Gasteiger partial charge in [-0.1, -0.05) is 0 Å². The van der Waals surface area contributed by atoms with Crippen molar-refractivity contribution in [3.05, 3.63) is 29.3 Å². The summed E-state index contributed by atoms with van der Waals surface area (Å²) in [6.07, 6.45) is -1.08. The molecule has 10 heteroatoms. The third-order valence-corrected chi connectivity index (χ3v) is 7.39. The number of nitrogens with one attached hydrogen (secondary N) is 2. The summed E-state index contributed by atoms with van der Waals surface area (Å²) in [6.45, 7) is 1.39. The van der Waals surface area contributed by atoms with Gasteiger partial charge in [0.2, 0.25) is 10.0 Å². The molecule has 0 spiro atoms. The first-order valence-corrected chi connectivity index (χ1v) is 11.0. The number of carbonyl (C=O) groups excluding carboxylic acids is 1. The minimum Gasteiger partial charge on any atom is -0.347 e. The van der Waals surface area contributed by atoms with Crippen LogP contribution in [-0.2, 0) is 16.2 Å². The van der Waals surface area contributed by atoms with Crippen molar-refractivity contribution in [2.45, 2.75) is 57.2 Å². The summed E-state index contributed by atoms with van der Waals surface area (Å²) in [7, 11) is -3.78. The number of hydrogen-bond donors (Lipinski definition) is 2. The summed E-state index contributed by atoms with van der Waals surface area (Å²) in [4.78, 5) is 12.9. The van der Waals surface area contributed by atoms with Crippen molar-refractivity contribution in [3.8, 4) is 6.07 Å². The normalized spacial score (nSPS) is 26.6. The molecule has 3 fully saturated rings. The van der Waals surface area contributed by atoms with Crippen LogP contribution in [0.3, 0.4) is 0 Å². The molecule has 1 amide bonds. The predicted molar refractivity (Wildman–Crippen MR) is 100 cm³/mol. The Hall–Kier alpha value is -2.28. The first kappa shape index (κ1) is 21.4. The van der Waals surface area contributed by atoms with Crippen molar-refractivity contribution in [3.63, 3.8) is 0 Å². The molecule has 6 nitrogen and oxygen atoms in total. The van der Waals surface area contributed by atoms with Crippen LogP contribution in [0.2, 0.25) is 0 Å². The number of amides is 1. The summed E-state index contributed by atoms with van der Waals surface area (Å²) in [6, 6.07) is 4.73. The van der Waals surface area contributed by atoms with E-state index in [1.807, 2.05) is 0 Å². The van der Waals surface area contributed by atoms with Gasteiger partial charge in [-0.15, -0.1) is 0 Å². The van der Waals surface area contributed by atoms with Crippen LogP contribution in [0.15, 0.2) is 18.2 Å². The second kappa shape index (κ2) is 7.20. The van der Waals surface area contributed by atoms with E-state index in [4.69, 9.17) is 0 Å². The molecule has 0 aromatic heterocycles. The molecule has 3 aliphatic rings. The molecule has 0 heterocycles. The van der Waals surface area contributed by atoms with Crippen LogP contribution in [0.4, 0.5) is 18.9 Å². The quantitative estimate of drug-likeness (QED) is 0.743. The zero-order chi connectivity index (χ0) is 21.5. The molecule has 29 heavy (non-hydrogen) atoms. The fourth-order valence-corrected chi connectivity index (χ4v) is 4.74. The Kier molecular flexibility index (Phi) is 5.32. The Morgan fingerprint density at radius 3 is 2.24 bits per heavy atom. The van der Waals surface area contributed by atoms with Crippen molar-refractivity contribution in [1.29, 1.82) is 5.26 Å². The van der Waals surface area contributed by atoms with Gasteiger partial charge in [-0.05, 0) is 63.6 Å². The lowest BCUT2D eigenvalue weighted by molar-refractivity contribution is -0.137. The van der Waals surface area contributed by atoms with Gasteiger partial charge in [-0.25, -0.2) is 8.42 Å². The number of alkyl halides is 3. The molecule has 158 valence electrons. The van der Waals surface area contributed by atoms with Crippen molar-refractivity contribution in [1.82, 2.24) is 5.32 Å². The summed E-state index contributed by atoms with van der Waals surface area (Å²) < 4.78 is 65.5. The molecular weight excluding hydrogens is 407 g/mol. The maximum Gasteiger partial charge on any atom is 0.416 e. The van der Waals surface area contributed by atoms with Gasteiger partial charge in [-0.2, -0.15) is 18.4 Å². The maximum absolute atomic E-state index is 13.2. The van der Waals surface area contributed by atoms with Gasteiger partial charge in [0.1, 0.15) is 0 Å². The number of rotatable bonds is 5. The topological polar surface area (TPSA) is 99.1 Å². The zero-order valence-corrected chi connectivity index (χ0v) is 16.7. The van der Waals surface area contributed by atoms with Crippen molar-refractivity contribution >= 4 is 21.6 Å². The molecule has 0 unspecified atom stereocenters. The van der Waals surface area contributed by atoms with Gasteiger partial charge in [0.15, 0.2) is 0 Å². The molecular formula is C19H22F3N3O3S. The highest BCUT2D eigenvalue weighted by Crippen LogP contribution is 2.52. The van der Waals surface area contributed by atoms with Crippen LogP contribution in [-0.4, -0.2) is 25.6 Å². The first-order valence-electron chi connectivity index (χ1n) is 9.39. The molecule has 1 aromatic carbocycles. The van der Waals surface area contributed by atoms with Gasteiger partial charge in [-0.3, -0.25) is 9.52 Å². The number of fused-ring (bicyclic) bond motifs is 3. The molecule has 1 aromatic rings. The zero-order valence-electron chi connectivity index (χ0n) is 15.9. The molecule has 0 radical (unpaired) electrons. The van der Waals surface area contributed by atoms with E-state index in [9.17, 15) is 31.6 Å². The summed E-state index contributed by atoms with van der Waals surface area (Å²) in [5.41, 5.74) is -2.54. The van der Waals surface area contributed by atoms with Crippen LogP contribution < -0.4 is 10.0 Å². The molecule has 2 bridgehead atoms. The van der Waals surface area contributed by atoms with Crippen LogP contribution in [0.5, 0.6) is 0 Å². The van der Waals surface area contributed by atoms with E-state index < -0.39 is 33.2 Å². The largest absolute Gasteiger partial charge is 0.416 e. The minimum atomic E-state index is -4.67. The maximum atomic E-state index is 13.2. The molecule has 0 aliphatic heterocycles. The predicted octanol–water partition coefficient (Wildman–Crippen LogP) is 3.81. The van der Waals surface area contributed by atoms with Crippen molar-refractivity contribution < 1.29 is 26.4 Å². The van der Waals surface area contributed by atoms with Crippen molar-refractivity contribution in [2.75, 3.05) is 10.5 Å². The van der Waals surface area contributed by atoms with E-state index >= 15 is 0 Å². The summed E-state index contributed by atoms with van der Waals surface area (Å²) >= 11 is 0. The van der Waals surface area contributed by atoms with Crippen LogP contribution in [0.1, 0.15) is 61.4 Å². The Morgan fingerprint density at radius 1 is 1.17 bits per heavy atom. The number of nitrogens with zero attached hydrogens (tertiary/aromatic N) is 1. The lowest BCUT2D eigenvalue weighted by atomic mass is 9.58. The second-order valence-corrected chi connectivity index (χ2v) is 9.90. The number of sulfonamides is 1. The van der Waals surface area contributed by atoms with Gasteiger partial charge in [0, 0.05) is 5.54 Å². The lowest BCUT2D eigenvalue weighted by Gasteiger charge is -2.50. The van der Waals surface area contributed by atoms with Gasteiger partial charge >= 0.3 is 6.18 Å². The highest BCUT2D eigenvalue weighted by molar-refractivity contribution is 7.92. The Balaban J connectivity index is 1.91. The van der Waals surface area contributed by atoms with Crippen LogP contribution >= 0.6 is 0 Å². The Morgan fingerprint density at radius 2 is 1.76 bits per heavy atom. The Labute approximate surface area is 167 Å². The third-order valence-electron chi connectivity index (χ3n) is 6.10. The standard InChI is InChI=1S/C19H22F3N3O3S/c1-2-29(27,28)25-15-4-3-13(19(20,21)22)11-14(15)16(26)24-18-8-5-17(12-23,6-9-18)7-10-18/h3-4,11,25H,2,5-10H2,1H3,(H,24,26). The second-order valence-electron chi connectivity index (χ2n) is 7.89. The van der Waals surface area contributed by atoms with E-state index in [0.29, 0.717) is 44.6 Å². The number of benzene rings is 1.